The third-order valence-electron chi connectivity index (χ3n) is 16.8. The van der Waals surface area contributed by atoms with Crippen molar-refractivity contribution in [2.75, 3.05) is 58.2 Å². The van der Waals surface area contributed by atoms with Gasteiger partial charge < -0.3 is 32.1 Å². The van der Waals surface area contributed by atoms with Gasteiger partial charge in [-0.1, -0.05) is 119 Å². The van der Waals surface area contributed by atoms with Crippen LogP contribution >= 0.6 is 32.1 Å². The zero-order valence-corrected chi connectivity index (χ0v) is 51.4. The van der Waals surface area contributed by atoms with Crippen molar-refractivity contribution in [2.45, 2.75) is 220 Å². The van der Waals surface area contributed by atoms with E-state index in [0.717, 1.165) is 85.8 Å². The number of halogens is 5. The van der Waals surface area contributed by atoms with E-state index in [1.165, 1.54) is 116 Å². The van der Waals surface area contributed by atoms with Crippen molar-refractivity contribution >= 4 is 32.1 Å². The topological polar surface area (TPSA) is 81.7 Å². The molecule has 0 N–H and O–H groups in total. The molecule has 0 atom stereocenters. The lowest BCUT2D eigenvalue weighted by molar-refractivity contribution is 0.155. The molecular weight excluding hydrogens is 1080 g/mol. The Labute approximate surface area is 468 Å². The maximum atomic E-state index is 15.0. The van der Waals surface area contributed by atoms with E-state index in [9.17, 15) is 17.7 Å². The fourth-order valence-electron chi connectivity index (χ4n) is 12.6. The summed E-state index contributed by atoms with van der Waals surface area (Å²) in [5.41, 5.74) is 1.04. The second-order valence-electron chi connectivity index (χ2n) is 21.8. The summed E-state index contributed by atoms with van der Waals surface area (Å²) >= 11 is 3.32. The highest BCUT2D eigenvalue weighted by Gasteiger charge is 2.35. The number of hydrogen-bond donors (Lipinski definition) is 0. The number of unbranched alkanes of at least 4 members (excludes halogenated alkanes) is 4. The quantitative estimate of drug-likeness (QED) is 0.0331. The van der Waals surface area contributed by atoms with Crippen LogP contribution in [0.3, 0.4) is 0 Å². The number of hydrogen-bond acceptors (Lipinski definition) is 8. The summed E-state index contributed by atoms with van der Waals surface area (Å²) in [7, 11) is -2.64. The van der Waals surface area contributed by atoms with Gasteiger partial charge in [-0.15, -0.1) is 0 Å². The number of benzene rings is 2. The van der Waals surface area contributed by atoms with Crippen molar-refractivity contribution in [1.29, 1.82) is 0 Å². The van der Waals surface area contributed by atoms with Crippen LogP contribution in [0.2, 0.25) is 0 Å². The van der Waals surface area contributed by atoms with Gasteiger partial charge in [0.25, 0.3) is 0 Å². The molecule has 0 radical (unpaired) electrons. The first kappa shape index (κ1) is 67.2. The van der Waals surface area contributed by atoms with Gasteiger partial charge in [-0.2, -0.15) is 8.78 Å². The van der Waals surface area contributed by atoms with Crippen LogP contribution in [0.15, 0.2) is 24.3 Å². The van der Waals surface area contributed by atoms with Crippen LogP contribution in [-0.4, -0.2) is 58.2 Å². The van der Waals surface area contributed by atoms with Crippen molar-refractivity contribution in [3.8, 4) is 11.5 Å². The van der Waals surface area contributed by atoms with Gasteiger partial charge in [0.1, 0.15) is 0 Å². The molecule has 0 bridgehead atoms. The number of rotatable bonds is 30. The van der Waals surface area contributed by atoms with Crippen molar-refractivity contribution in [3.63, 3.8) is 0 Å². The average molecular weight is 1180 g/mol. The minimum absolute atomic E-state index is 0.0431. The van der Waals surface area contributed by atoms with Crippen LogP contribution in [0, 0.1) is 58.8 Å². The first-order valence-electron chi connectivity index (χ1n) is 30.1. The average Bonchev–Trinajstić information content (AvgIpc) is 3.43. The zero-order valence-electron chi connectivity index (χ0n) is 48.0. The highest BCUT2D eigenvalue weighted by Crippen LogP contribution is 2.50. The van der Waals surface area contributed by atoms with Gasteiger partial charge in [-0.25, -0.2) is 8.78 Å². The SMILES string of the molecule is CCCCCC1CCC(C2CCC(c3ccc(OCCCBr)c(F)c3F)CC2)CC1.CCCCCC1CCC(C2CCC(c3ccc(OCCCP(=O)(OCC)OCC)c(F)c3F)CC2)CC1.CCOP(OC)OCC. The summed E-state index contributed by atoms with van der Waals surface area (Å²) in [5, 5.41) is 0.791. The van der Waals surface area contributed by atoms with E-state index in [2.05, 4.69) is 29.8 Å². The molecule has 2 aromatic rings. The molecule has 0 amide bonds. The van der Waals surface area contributed by atoms with Crippen molar-refractivity contribution < 1.29 is 54.2 Å². The molecule has 4 fully saturated rings. The lowest BCUT2D eigenvalue weighted by atomic mass is 9.68. The summed E-state index contributed by atoms with van der Waals surface area (Å²) < 4.78 is 108. The molecule has 438 valence electrons. The van der Waals surface area contributed by atoms with Crippen LogP contribution in [-0.2, 0) is 27.2 Å². The van der Waals surface area contributed by atoms with E-state index >= 15 is 4.39 Å². The highest BCUT2D eigenvalue weighted by molar-refractivity contribution is 9.09. The molecule has 6 rings (SSSR count). The van der Waals surface area contributed by atoms with Crippen LogP contribution in [0.25, 0.3) is 0 Å². The molecule has 0 spiro atoms. The Kier molecular flexibility index (Phi) is 34.0. The standard InChI is InChI=1S/C30H49F2O4P.C26H39BrF2O.C5H13O3P/c1-4-7-8-10-23-11-13-24(14-12-23)25-15-17-26(18-16-25)27-19-20-28(30(32)29(27)31)34-21-9-22-37(33,35-5-2)36-6-3;1-2-3-4-6-19-7-9-20(10-8-19)21-11-13-22(14-12-21)23-15-16-24(26(29)25(23)28)30-18-5-17-27;1-4-7-9(6-3)8-5-2/h19-20,23-26H,4-18,21-22H2,1-3H3;15-16,19-22H,2-14,17-18H2,1H3;4-5H2,1-3H3. The van der Waals surface area contributed by atoms with Gasteiger partial charge in [-0.3, -0.25) is 4.57 Å². The number of alkyl halides is 1. The summed E-state index contributed by atoms with van der Waals surface area (Å²) in [6, 6.07) is 6.62. The maximum absolute atomic E-state index is 15.0. The first-order chi connectivity index (χ1) is 36.9. The Balaban J connectivity index is 0.000000287. The lowest BCUT2D eigenvalue weighted by Gasteiger charge is -2.38. The van der Waals surface area contributed by atoms with Gasteiger partial charge in [-0.05, 0) is 188 Å². The normalized spacial score (nSPS) is 24.1. The van der Waals surface area contributed by atoms with E-state index in [1.54, 1.807) is 45.2 Å². The largest absolute Gasteiger partial charge is 0.490 e. The smallest absolute Gasteiger partial charge is 0.332 e. The Morgan fingerprint density at radius 3 is 1.22 bits per heavy atom. The number of ether oxygens (including phenoxy) is 2. The predicted molar refractivity (Wildman–Crippen MR) is 308 cm³/mol. The van der Waals surface area contributed by atoms with Crippen molar-refractivity contribution in [2.24, 2.45) is 35.5 Å². The molecule has 4 aliphatic rings. The first-order valence-corrected chi connectivity index (χ1v) is 34.1. The molecule has 4 saturated carbocycles. The molecular formula is C61H101BrF4O8P2. The molecule has 2 aromatic carbocycles. The summed E-state index contributed by atoms with van der Waals surface area (Å²) in [5.74, 6) is 2.08. The van der Waals surface area contributed by atoms with Crippen LogP contribution in [0.5, 0.6) is 11.5 Å². The van der Waals surface area contributed by atoms with Gasteiger partial charge in [0.15, 0.2) is 23.1 Å². The molecule has 0 aromatic heterocycles. The molecule has 0 unspecified atom stereocenters. The van der Waals surface area contributed by atoms with E-state index in [4.69, 9.17) is 32.1 Å². The van der Waals surface area contributed by atoms with Gasteiger partial charge in [0.2, 0.25) is 11.6 Å². The monoisotopic (exact) mass is 1180 g/mol. The minimum Gasteiger partial charge on any atom is -0.490 e. The third-order valence-corrected chi connectivity index (χ3v) is 20.7. The molecule has 8 nitrogen and oxygen atoms in total. The Bertz CT molecular complexity index is 1870. The fourth-order valence-corrected chi connectivity index (χ4v) is 15.2. The van der Waals surface area contributed by atoms with Gasteiger partial charge in [0, 0.05) is 12.4 Å². The molecule has 0 aliphatic heterocycles. The van der Waals surface area contributed by atoms with E-state index < -0.39 is 39.5 Å². The van der Waals surface area contributed by atoms with Crippen LogP contribution < -0.4 is 9.47 Å². The summed E-state index contributed by atoms with van der Waals surface area (Å²) in [4.78, 5) is 0. The second kappa shape index (κ2) is 38.4. The Morgan fingerprint density at radius 2 is 0.882 bits per heavy atom. The Morgan fingerprint density at radius 1 is 0.500 bits per heavy atom. The lowest BCUT2D eigenvalue weighted by Crippen LogP contribution is -2.25. The maximum Gasteiger partial charge on any atom is 0.332 e. The fraction of sp³-hybridized carbons (Fsp3) is 0.803. The van der Waals surface area contributed by atoms with Gasteiger partial charge in [0.05, 0.1) is 45.8 Å². The molecule has 0 saturated heterocycles. The van der Waals surface area contributed by atoms with Gasteiger partial charge >= 0.3 is 16.2 Å². The molecule has 15 heteroatoms. The van der Waals surface area contributed by atoms with E-state index in [0.29, 0.717) is 50.6 Å². The van der Waals surface area contributed by atoms with E-state index in [-0.39, 0.29) is 36.1 Å². The molecule has 0 heterocycles. The second-order valence-corrected chi connectivity index (χ2v) is 26.2. The van der Waals surface area contributed by atoms with Crippen molar-refractivity contribution in [1.82, 2.24) is 0 Å². The highest BCUT2D eigenvalue weighted by atomic mass is 79.9. The van der Waals surface area contributed by atoms with Crippen LogP contribution in [0.1, 0.15) is 231 Å². The van der Waals surface area contributed by atoms with E-state index in [1.807, 2.05) is 13.8 Å². The summed E-state index contributed by atoms with van der Waals surface area (Å²) in [6.45, 7) is 14.3. The minimum atomic E-state index is -3.16. The summed E-state index contributed by atoms with van der Waals surface area (Å²) in [6.07, 6.45) is 31.7. The van der Waals surface area contributed by atoms with Crippen molar-refractivity contribution in [3.05, 3.63) is 58.7 Å². The predicted octanol–water partition coefficient (Wildman–Crippen LogP) is 20.4. The molecule has 4 aliphatic carbocycles. The third kappa shape index (κ3) is 22.9. The van der Waals surface area contributed by atoms with Crippen LogP contribution in [0.4, 0.5) is 17.6 Å². The zero-order chi connectivity index (χ0) is 55.1. The molecule has 76 heavy (non-hydrogen) atoms. The Hall–Kier alpha value is -1.30.